The van der Waals surface area contributed by atoms with Crippen molar-refractivity contribution < 1.29 is 66.1 Å². The number of imidazole rings is 2. The number of nitrogens with zero attached hydrogens (tertiary/aromatic N) is 2. The summed E-state index contributed by atoms with van der Waals surface area (Å²) in [7, 11) is 0. The second-order valence-corrected chi connectivity index (χ2v) is 6.46. The SMILES string of the molecule is Cc1[nH]cc[nH+]1.Cc1[nH]cc[nH+]1.O=C([O-])c1cccc(C(=O)[O-])n1.O=C([O-])c1cccc(C(=O)[O-])n1.[Ni+2]. The quantitative estimate of drug-likeness (QED) is 0.230. The van der Waals surface area contributed by atoms with Gasteiger partial charge in [0.2, 0.25) is 11.6 Å². The second kappa shape index (κ2) is 16.7. The van der Waals surface area contributed by atoms with Gasteiger partial charge in [0.05, 0.1) is 46.7 Å². The van der Waals surface area contributed by atoms with E-state index in [1.54, 1.807) is 0 Å². The summed E-state index contributed by atoms with van der Waals surface area (Å²) in [5.74, 6) is -3.88. The summed E-state index contributed by atoms with van der Waals surface area (Å²) in [6, 6.07) is 7.07. The van der Waals surface area contributed by atoms with Gasteiger partial charge in [0, 0.05) is 13.8 Å². The molecule has 4 aromatic rings. The molecule has 0 aromatic carbocycles. The molecule has 0 fully saturated rings. The van der Waals surface area contributed by atoms with Crippen LogP contribution in [-0.2, 0) is 16.5 Å². The van der Waals surface area contributed by atoms with E-state index in [2.05, 4.69) is 29.9 Å². The van der Waals surface area contributed by atoms with Crippen molar-refractivity contribution in [1.29, 1.82) is 0 Å². The summed E-state index contributed by atoms with van der Waals surface area (Å²) in [6.45, 7) is 3.94. The number of carboxylic acids is 4. The van der Waals surface area contributed by atoms with Gasteiger partial charge in [0.25, 0.3) is 0 Å². The smallest absolute Gasteiger partial charge is 0.543 e. The Labute approximate surface area is 219 Å². The Hall–Kier alpha value is -4.91. The number of nitrogens with one attached hydrogen (secondary N) is 4. The zero-order valence-corrected chi connectivity index (χ0v) is 20.2. The summed E-state index contributed by atoms with van der Waals surface area (Å²) >= 11 is 0. The molecule has 4 N–H and O–H groups in total. The second-order valence-electron chi connectivity index (χ2n) is 6.46. The first-order valence-corrected chi connectivity index (χ1v) is 9.84. The third kappa shape index (κ3) is 12.9. The monoisotopic (exact) mass is 554 g/mol. The Balaban J connectivity index is 0.000000485. The molecule has 0 bridgehead atoms. The van der Waals surface area contributed by atoms with Crippen LogP contribution < -0.4 is 30.4 Å². The molecule has 0 amide bonds. The van der Waals surface area contributed by atoms with E-state index in [4.69, 9.17) is 0 Å². The molecule has 0 unspecified atom stereocenters. The Kier molecular flexibility index (Phi) is 14.5. The molecular formula is C22H20N6NiO8. The molecule has 4 rings (SSSR count). The summed E-state index contributed by atoms with van der Waals surface area (Å²) in [4.78, 5) is 59.0. The Morgan fingerprint density at radius 1 is 0.622 bits per heavy atom. The molecule has 0 spiro atoms. The topological polar surface area (TPSA) is 246 Å². The van der Waals surface area contributed by atoms with Crippen molar-refractivity contribution in [3.8, 4) is 0 Å². The predicted octanol–water partition coefficient (Wildman–Crippen LogP) is -4.11. The Morgan fingerprint density at radius 3 is 1.03 bits per heavy atom. The molecule has 4 aromatic heterocycles. The molecule has 0 aliphatic heterocycles. The van der Waals surface area contributed by atoms with Crippen LogP contribution >= 0.6 is 0 Å². The van der Waals surface area contributed by atoms with Gasteiger partial charge in [-0.05, 0) is 24.3 Å². The number of rotatable bonds is 4. The van der Waals surface area contributed by atoms with Gasteiger partial charge in [-0.1, -0.05) is 12.1 Å². The van der Waals surface area contributed by atoms with E-state index in [0.29, 0.717) is 0 Å². The zero-order valence-electron chi connectivity index (χ0n) is 19.3. The number of aromatic nitrogens is 6. The first kappa shape index (κ1) is 32.1. The summed E-state index contributed by atoms with van der Waals surface area (Å²) in [6.07, 6.45) is 7.43. The van der Waals surface area contributed by atoms with Gasteiger partial charge in [-0.15, -0.1) is 0 Å². The van der Waals surface area contributed by atoms with Crippen LogP contribution in [0, 0.1) is 13.8 Å². The van der Waals surface area contributed by atoms with Gasteiger partial charge < -0.3 is 39.6 Å². The van der Waals surface area contributed by atoms with Gasteiger partial charge in [-0.2, -0.15) is 0 Å². The average Bonchev–Trinajstić information content (AvgIpc) is 3.53. The normalized spacial score (nSPS) is 8.92. The molecule has 14 nitrogen and oxygen atoms in total. The first-order chi connectivity index (χ1) is 17.0. The number of H-pyrrole nitrogens is 4. The molecular weight excluding hydrogens is 535 g/mol. The molecule has 196 valence electrons. The van der Waals surface area contributed by atoms with Crippen LogP contribution in [0.25, 0.3) is 0 Å². The fourth-order valence-electron chi connectivity index (χ4n) is 2.07. The minimum Gasteiger partial charge on any atom is -0.543 e. The van der Waals surface area contributed by atoms with Crippen molar-refractivity contribution in [1.82, 2.24) is 19.9 Å². The van der Waals surface area contributed by atoms with Gasteiger partial charge in [-0.3, -0.25) is 0 Å². The number of hydrogen-bond acceptors (Lipinski definition) is 10. The molecule has 0 radical (unpaired) electrons. The Bertz CT molecular complexity index is 1120. The van der Waals surface area contributed by atoms with E-state index in [1.807, 2.05) is 38.6 Å². The van der Waals surface area contributed by atoms with E-state index in [9.17, 15) is 39.6 Å². The molecule has 4 heterocycles. The zero-order chi connectivity index (χ0) is 27.1. The molecule has 0 saturated carbocycles. The van der Waals surface area contributed by atoms with Crippen LogP contribution in [0.5, 0.6) is 0 Å². The van der Waals surface area contributed by atoms with Crippen molar-refractivity contribution in [3.05, 3.63) is 95.6 Å². The summed E-state index contributed by atoms with van der Waals surface area (Å²) in [5.41, 5.74) is -1.68. The van der Waals surface area contributed by atoms with Crippen molar-refractivity contribution in [2.45, 2.75) is 13.8 Å². The minimum absolute atomic E-state index is 0. The number of hydrogen-bond donors (Lipinski definition) is 2. The maximum absolute atomic E-state index is 10.2. The van der Waals surface area contributed by atoms with Gasteiger partial charge in [-0.25, -0.2) is 29.9 Å². The maximum Gasteiger partial charge on any atom is 2.00 e. The van der Waals surface area contributed by atoms with E-state index in [0.717, 1.165) is 35.9 Å². The summed E-state index contributed by atoms with van der Waals surface area (Å²) in [5, 5.41) is 40.8. The third-order valence-corrected chi connectivity index (χ3v) is 3.70. The van der Waals surface area contributed by atoms with E-state index >= 15 is 0 Å². The van der Waals surface area contributed by atoms with Crippen LogP contribution in [0.2, 0.25) is 0 Å². The third-order valence-electron chi connectivity index (χ3n) is 3.70. The molecule has 0 atom stereocenters. The molecule has 0 aliphatic rings. The van der Waals surface area contributed by atoms with E-state index < -0.39 is 46.7 Å². The molecule has 37 heavy (non-hydrogen) atoms. The number of aromatic carboxylic acids is 4. The van der Waals surface area contributed by atoms with Crippen LogP contribution in [0.1, 0.15) is 53.6 Å². The minimum atomic E-state index is -1.52. The van der Waals surface area contributed by atoms with Crippen LogP contribution in [0.3, 0.4) is 0 Å². The van der Waals surface area contributed by atoms with Crippen molar-refractivity contribution >= 4 is 23.9 Å². The van der Waals surface area contributed by atoms with Gasteiger partial charge in [0.15, 0.2) is 0 Å². The van der Waals surface area contributed by atoms with Crippen molar-refractivity contribution in [3.63, 3.8) is 0 Å². The van der Waals surface area contributed by atoms with Crippen LogP contribution in [-0.4, -0.2) is 43.8 Å². The number of pyridine rings is 2. The number of carbonyl (C=O) groups is 4. The average molecular weight is 555 g/mol. The van der Waals surface area contributed by atoms with Crippen molar-refractivity contribution in [2.75, 3.05) is 0 Å². The molecule has 0 aliphatic carbocycles. The number of carboxylic acid groups (broad SMARTS) is 4. The first-order valence-electron chi connectivity index (χ1n) is 9.84. The van der Waals surface area contributed by atoms with E-state index in [1.165, 1.54) is 12.1 Å². The predicted molar refractivity (Wildman–Crippen MR) is 110 cm³/mol. The Morgan fingerprint density at radius 2 is 0.892 bits per heavy atom. The number of carbonyl (C=O) groups excluding carboxylic acids is 4. The van der Waals surface area contributed by atoms with Crippen LogP contribution in [0.15, 0.2) is 61.2 Å². The fourth-order valence-corrected chi connectivity index (χ4v) is 2.07. The van der Waals surface area contributed by atoms with Gasteiger partial charge >= 0.3 is 16.5 Å². The van der Waals surface area contributed by atoms with Gasteiger partial charge in [0.1, 0.15) is 24.8 Å². The molecule has 15 heteroatoms. The molecule has 0 saturated heterocycles. The fraction of sp³-hybridized carbons (Fsp3) is 0.0909. The number of aromatic amines is 4. The standard InChI is InChI=1S/2C7H5NO4.2C4H6N2.Ni/c2*9-6(10)4-2-1-3-5(8-4)7(11)12;2*1-4-5-2-3-6-4;/h2*1-3H,(H,9,10)(H,11,12);2*2-3H,1H3,(H,5,6);/q;;;;+2/p-2. The van der Waals surface area contributed by atoms with E-state index in [-0.39, 0.29) is 16.5 Å². The summed E-state index contributed by atoms with van der Waals surface area (Å²) < 4.78 is 0. The number of aryl methyl sites for hydroxylation is 2. The largest absolute Gasteiger partial charge is 2.00 e. The van der Waals surface area contributed by atoms with Crippen molar-refractivity contribution in [2.24, 2.45) is 0 Å². The maximum atomic E-state index is 10.2. The van der Waals surface area contributed by atoms with Crippen LogP contribution in [0.4, 0.5) is 0 Å².